The predicted octanol–water partition coefficient (Wildman–Crippen LogP) is 2.52. The third-order valence-corrected chi connectivity index (χ3v) is 5.49. The molecule has 0 amide bonds. The number of hydrogen-bond donors (Lipinski definition) is 1. The Morgan fingerprint density at radius 2 is 1.93 bits per heavy atom. The largest absolute Gasteiger partial charge is 0.497 e. The zero-order chi connectivity index (χ0) is 20.2. The third kappa shape index (κ3) is 4.42. The highest BCUT2D eigenvalue weighted by molar-refractivity contribution is 5.47. The zero-order valence-corrected chi connectivity index (χ0v) is 17.4. The van der Waals surface area contributed by atoms with Gasteiger partial charge in [-0.3, -0.25) is 4.90 Å². The lowest BCUT2D eigenvalue weighted by Crippen LogP contribution is -2.42. The van der Waals surface area contributed by atoms with E-state index in [9.17, 15) is 0 Å². The van der Waals surface area contributed by atoms with Crippen LogP contribution < -0.4 is 10.1 Å². The van der Waals surface area contributed by atoms with E-state index in [-0.39, 0.29) is 6.04 Å². The molecule has 154 valence electrons. The number of nitrogens with one attached hydrogen (secondary N) is 1. The molecule has 4 rings (SSSR count). The minimum absolute atomic E-state index is 0.281. The number of morpholine rings is 1. The zero-order valence-electron chi connectivity index (χ0n) is 17.4. The molecule has 1 unspecified atom stereocenters. The summed E-state index contributed by atoms with van der Waals surface area (Å²) in [5.74, 6) is 0.880. The van der Waals surface area contributed by atoms with E-state index in [0.29, 0.717) is 0 Å². The molecule has 0 radical (unpaired) electrons. The first-order valence-electron chi connectivity index (χ1n) is 10.1. The maximum absolute atomic E-state index is 5.55. The average Bonchev–Trinajstić information content (AvgIpc) is 3.15. The second-order valence-electron chi connectivity index (χ2n) is 7.51. The number of benzene rings is 1. The van der Waals surface area contributed by atoms with Crippen LogP contribution in [0, 0.1) is 13.8 Å². The van der Waals surface area contributed by atoms with Crippen molar-refractivity contribution < 1.29 is 9.47 Å². The molecule has 3 aromatic rings. The summed E-state index contributed by atoms with van der Waals surface area (Å²) in [6.07, 6.45) is 1.92. The van der Waals surface area contributed by atoms with Gasteiger partial charge in [-0.2, -0.15) is 5.10 Å². The van der Waals surface area contributed by atoms with Crippen molar-refractivity contribution in [1.29, 1.82) is 0 Å². The van der Waals surface area contributed by atoms with E-state index >= 15 is 0 Å². The second kappa shape index (κ2) is 8.90. The van der Waals surface area contributed by atoms with Crippen LogP contribution >= 0.6 is 0 Å². The van der Waals surface area contributed by atoms with Gasteiger partial charge in [0.1, 0.15) is 5.75 Å². The van der Waals surface area contributed by atoms with E-state index in [2.05, 4.69) is 45.4 Å². The van der Waals surface area contributed by atoms with Gasteiger partial charge in [-0.25, -0.2) is 9.50 Å². The highest BCUT2D eigenvalue weighted by Gasteiger charge is 2.22. The van der Waals surface area contributed by atoms with Crippen LogP contribution in [0.2, 0.25) is 0 Å². The van der Waals surface area contributed by atoms with Gasteiger partial charge in [0.15, 0.2) is 5.65 Å². The Bertz CT molecular complexity index is 948. The van der Waals surface area contributed by atoms with Crippen LogP contribution in [0.15, 0.2) is 36.5 Å². The number of nitrogens with zero attached hydrogens (tertiary/aromatic N) is 4. The summed E-state index contributed by atoms with van der Waals surface area (Å²) in [4.78, 5) is 7.17. The van der Waals surface area contributed by atoms with Gasteiger partial charge >= 0.3 is 0 Å². The van der Waals surface area contributed by atoms with Gasteiger partial charge < -0.3 is 14.8 Å². The fourth-order valence-electron chi connectivity index (χ4n) is 3.96. The van der Waals surface area contributed by atoms with Gasteiger partial charge in [-0.05, 0) is 37.6 Å². The molecule has 1 saturated heterocycles. The Hall–Kier alpha value is -2.48. The van der Waals surface area contributed by atoms with E-state index in [1.807, 2.05) is 29.8 Å². The van der Waals surface area contributed by atoms with Crippen molar-refractivity contribution in [3.8, 4) is 5.75 Å². The Labute approximate surface area is 171 Å². The molecule has 0 spiro atoms. The molecule has 1 atom stereocenters. The van der Waals surface area contributed by atoms with Gasteiger partial charge in [0, 0.05) is 49.2 Å². The summed E-state index contributed by atoms with van der Waals surface area (Å²) >= 11 is 0. The van der Waals surface area contributed by atoms with E-state index in [1.54, 1.807) is 7.11 Å². The van der Waals surface area contributed by atoms with Gasteiger partial charge in [-0.15, -0.1) is 0 Å². The highest BCUT2D eigenvalue weighted by Crippen LogP contribution is 2.24. The average molecular weight is 396 g/mol. The number of hydrogen-bond acceptors (Lipinski definition) is 6. The number of aromatic nitrogens is 3. The van der Waals surface area contributed by atoms with Crippen LogP contribution in [0.25, 0.3) is 5.65 Å². The number of ether oxygens (including phenoxy) is 2. The molecule has 1 aliphatic heterocycles. The van der Waals surface area contributed by atoms with Crippen molar-refractivity contribution >= 4 is 5.65 Å². The molecule has 2 aromatic heterocycles. The summed E-state index contributed by atoms with van der Waals surface area (Å²) in [6.45, 7) is 9.10. The van der Waals surface area contributed by atoms with Crippen LogP contribution in [0.3, 0.4) is 0 Å². The Kier molecular flexibility index (Phi) is 6.08. The Morgan fingerprint density at radius 1 is 1.17 bits per heavy atom. The standard InChI is InChI=1S/C22H29N5O2/c1-16-12-17(2)27-22(25-16)19(14-24-27)13-23-15-21(26-8-10-29-11-9-26)18-4-6-20(28-3)7-5-18/h4-7,12,14,21,23H,8-11,13,15H2,1-3H3. The maximum Gasteiger partial charge on any atom is 0.159 e. The molecule has 1 N–H and O–H groups in total. The Morgan fingerprint density at radius 3 is 2.66 bits per heavy atom. The van der Waals surface area contributed by atoms with Crippen molar-refractivity contribution in [1.82, 2.24) is 24.8 Å². The fourth-order valence-corrected chi connectivity index (χ4v) is 3.96. The molecule has 3 heterocycles. The van der Waals surface area contributed by atoms with Crippen LogP contribution in [0.4, 0.5) is 0 Å². The number of aryl methyl sites for hydroxylation is 2. The van der Waals surface area contributed by atoms with Gasteiger partial charge in [0.2, 0.25) is 0 Å². The van der Waals surface area contributed by atoms with Crippen molar-refractivity contribution in [2.24, 2.45) is 0 Å². The first kappa shape index (κ1) is 19.8. The smallest absolute Gasteiger partial charge is 0.159 e. The van der Waals surface area contributed by atoms with Crippen LogP contribution in [0.5, 0.6) is 5.75 Å². The highest BCUT2D eigenvalue weighted by atomic mass is 16.5. The van der Waals surface area contributed by atoms with Gasteiger partial charge in [-0.1, -0.05) is 12.1 Å². The number of rotatable bonds is 7. The van der Waals surface area contributed by atoms with Crippen LogP contribution in [-0.2, 0) is 11.3 Å². The topological polar surface area (TPSA) is 63.9 Å². The van der Waals surface area contributed by atoms with Crippen molar-refractivity contribution in [2.45, 2.75) is 26.4 Å². The van der Waals surface area contributed by atoms with Gasteiger partial charge in [0.05, 0.1) is 26.5 Å². The summed E-state index contributed by atoms with van der Waals surface area (Å²) in [5.41, 5.74) is 5.45. The Balaban J connectivity index is 1.49. The molecule has 1 aliphatic rings. The molecule has 0 aliphatic carbocycles. The minimum atomic E-state index is 0.281. The molecule has 1 fully saturated rings. The fraction of sp³-hybridized carbons (Fsp3) is 0.455. The normalized spacial score (nSPS) is 16.2. The quantitative estimate of drug-likeness (QED) is 0.663. The molecule has 0 saturated carbocycles. The first-order chi connectivity index (χ1) is 14.2. The number of methoxy groups -OCH3 is 1. The molecular formula is C22H29N5O2. The van der Waals surface area contributed by atoms with E-state index in [0.717, 1.165) is 67.7 Å². The van der Waals surface area contributed by atoms with Crippen molar-refractivity contribution in [3.05, 3.63) is 59.0 Å². The SMILES string of the molecule is COc1ccc(C(CNCc2cnn3c(C)cc(C)nc23)N2CCOCC2)cc1. The van der Waals surface area contributed by atoms with Crippen LogP contribution in [-0.4, -0.2) is 59.5 Å². The van der Waals surface area contributed by atoms with Crippen molar-refractivity contribution in [2.75, 3.05) is 40.0 Å². The lowest BCUT2D eigenvalue weighted by Gasteiger charge is -2.35. The molecular weight excluding hydrogens is 366 g/mol. The van der Waals surface area contributed by atoms with E-state index in [1.165, 1.54) is 5.56 Å². The summed E-state index contributed by atoms with van der Waals surface area (Å²) in [7, 11) is 1.70. The monoisotopic (exact) mass is 395 g/mol. The molecule has 1 aromatic carbocycles. The first-order valence-corrected chi connectivity index (χ1v) is 10.1. The van der Waals surface area contributed by atoms with Crippen molar-refractivity contribution in [3.63, 3.8) is 0 Å². The van der Waals surface area contributed by atoms with Crippen LogP contribution in [0.1, 0.15) is 28.6 Å². The lowest BCUT2D eigenvalue weighted by atomic mass is 10.0. The molecule has 7 heteroatoms. The summed E-state index contributed by atoms with van der Waals surface area (Å²) < 4.78 is 12.8. The third-order valence-electron chi connectivity index (χ3n) is 5.49. The molecule has 0 bridgehead atoms. The summed E-state index contributed by atoms with van der Waals surface area (Å²) in [6, 6.07) is 10.7. The second-order valence-corrected chi connectivity index (χ2v) is 7.51. The maximum atomic E-state index is 5.55. The van der Waals surface area contributed by atoms with E-state index in [4.69, 9.17) is 9.47 Å². The summed E-state index contributed by atoms with van der Waals surface area (Å²) in [5, 5.41) is 8.13. The lowest BCUT2D eigenvalue weighted by molar-refractivity contribution is 0.0161. The number of fused-ring (bicyclic) bond motifs is 1. The molecule has 7 nitrogen and oxygen atoms in total. The predicted molar refractivity (Wildman–Crippen MR) is 112 cm³/mol. The minimum Gasteiger partial charge on any atom is -0.497 e. The molecule has 29 heavy (non-hydrogen) atoms. The van der Waals surface area contributed by atoms with E-state index < -0.39 is 0 Å². The van der Waals surface area contributed by atoms with Gasteiger partial charge in [0.25, 0.3) is 0 Å².